The Morgan fingerprint density at radius 2 is 1.60 bits per heavy atom. The van der Waals surface area contributed by atoms with E-state index in [-0.39, 0.29) is 18.9 Å². The molecule has 2 atom stereocenters. The molecule has 2 aliphatic rings. The van der Waals surface area contributed by atoms with Crippen LogP contribution < -0.4 is 29.2 Å². The van der Waals surface area contributed by atoms with Gasteiger partial charge in [-0.2, -0.15) is 0 Å². The number of ether oxygens (including phenoxy) is 4. The van der Waals surface area contributed by atoms with Gasteiger partial charge in [-0.1, -0.05) is 0 Å². The number of fused-ring (bicyclic) bond motifs is 1. The van der Waals surface area contributed by atoms with Gasteiger partial charge in [-0.15, -0.1) is 0 Å². The number of imide groups is 1. The number of aromatic nitrogens is 3. The monoisotopic (exact) mass is 746 g/mol. The molecule has 14 nitrogen and oxygen atoms in total. The van der Waals surface area contributed by atoms with Crippen molar-refractivity contribution in [1.82, 2.24) is 19.9 Å². The largest absolute Gasteiger partial charge is 0.497 e. The smallest absolute Gasteiger partial charge is 0.414 e. The molecule has 5 aromatic rings. The normalized spacial score (nSPS) is 17.5. The number of nitrogens with zero attached hydrogens (tertiary/aromatic N) is 5. The number of aryl methyl sites for hydroxylation is 1. The molecule has 1 spiro atoms. The molecule has 0 radical (unpaired) electrons. The highest BCUT2D eigenvalue weighted by atomic mass is 16.5. The van der Waals surface area contributed by atoms with Gasteiger partial charge >= 0.3 is 6.09 Å². The van der Waals surface area contributed by atoms with Crippen LogP contribution >= 0.6 is 0 Å². The molecule has 3 aromatic heterocycles. The third kappa shape index (κ3) is 7.39. The highest BCUT2D eigenvalue weighted by Gasteiger charge is 2.61. The molecule has 1 aliphatic carbocycles. The van der Waals surface area contributed by atoms with Crippen LogP contribution in [0.1, 0.15) is 36.0 Å². The maximum atomic E-state index is 13.6. The van der Waals surface area contributed by atoms with Gasteiger partial charge in [0.15, 0.2) is 0 Å². The van der Waals surface area contributed by atoms with E-state index in [1.165, 1.54) is 0 Å². The third-order valence-electron chi connectivity index (χ3n) is 10.6. The molecular formula is C41H42N6O8. The van der Waals surface area contributed by atoms with Crippen LogP contribution in [0.4, 0.5) is 16.4 Å². The highest BCUT2D eigenvalue weighted by Crippen LogP contribution is 2.60. The fourth-order valence-corrected chi connectivity index (χ4v) is 7.44. The van der Waals surface area contributed by atoms with Crippen LogP contribution in [0, 0.1) is 18.3 Å². The van der Waals surface area contributed by atoms with Crippen molar-refractivity contribution in [3.8, 4) is 34.3 Å². The van der Waals surface area contributed by atoms with Crippen molar-refractivity contribution in [3.63, 3.8) is 0 Å². The lowest BCUT2D eigenvalue weighted by Crippen LogP contribution is -2.43. The van der Waals surface area contributed by atoms with Crippen LogP contribution in [-0.2, 0) is 22.7 Å². The van der Waals surface area contributed by atoms with Gasteiger partial charge in [-0.25, -0.2) is 19.7 Å². The molecule has 284 valence electrons. The zero-order valence-corrected chi connectivity index (χ0v) is 31.3. The number of likely N-dealkylation sites (tertiary alicyclic amines) is 1. The fourth-order valence-electron chi connectivity index (χ4n) is 7.44. The average Bonchev–Trinajstić information content (AvgIpc) is 3.89. The Balaban J connectivity index is 1.30. The van der Waals surface area contributed by atoms with E-state index in [1.54, 1.807) is 47.0 Å². The number of carbonyl (C=O) groups excluding carboxylic acids is 2. The number of carbonyl (C=O) groups is 3. The maximum absolute atomic E-state index is 13.6. The number of carboxylic acid groups (broad SMARTS) is 1. The Bertz CT molecular complexity index is 2240. The topological polar surface area (TPSA) is 166 Å². The maximum Gasteiger partial charge on any atom is 0.414 e. The highest BCUT2D eigenvalue weighted by molar-refractivity contribution is 6.00. The van der Waals surface area contributed by atoms with Crippen LogP contribution in [0.25, 0.3) is 22.0 Å². The lowest BCUT2D eigenvalue weighted by atomic mass is 9.90. The molecule has 1 saturated carbocycles. The zero-order chi connectivity index (χ0) is 38.9. The molecule has 2 N–H and O–H groups in total. The van der Waals surface area contributed by atoms with E-state index in [0.29, 0.717) is 66.3 Å². The van der Waals surface area contributed by atoms with Gasteiger partial charge in [0, 0.05) is 84.8 Å². The van der Waals surface area contributed by atoms with Gasteiger partial charge in [-0.3, -0.25) is 14.6 Å². The van der Waals surface area contributed by atoms with Gasteiger partial charge < -0.3 is 34.3 Å². The van der Waals surface area contributed by atoms with Crippen LogP contribution in [0.2, 0.25) is 0 Å². The summed E-state index contributed by atoms with van der Waals surface area (Å²) in [5.74, 6) is 2.45. The number of methoxy groups -OCH3 is 4. The van der Waals surface area contributed by atoms with Gasteiger partial charge in [0.25, 0.3) is 0 Å². The Kier molecular flexibility index (Phi) is 10.1. The predicted octanol–water partition coefficient (Wildman–Crippen LogP) is 6.49. The molecule has 55 heavy (non-hydrogen) atoms. The van der Waals surface area contributed by atoms with E-state index in [2.05, 4.69) is 20.2 Å². The van der Waals surface area contributed by atoms with Crippen LogP contribution in [0.3, 0.4) is 0 Å². The van der Waals surface area contributed by atoms with Crippen molar-refractivity contribution in [2.45, 2.75) is 39.3 Å². The number of benzene rings is 2. The standard InChI is InChI=1S/C41H42N6O8/c1-24-10-12-42-20-30(24)33-14-27-15-36(45-39(49)32-18-41(32)11-13-47(40(50)51)37(48)19-41)43-21-31(27)38(44-33)46(22-25-6-8-28(52-2)16-34(25)54-4)23-26-7-9-29(53-3)17-35(26)55-5/h6-10,12,14-17,20-21,32H,11,13,18-19,22-23H2,1-5H3,(H,50,51)(H,43,45,49). The first-order chi connectivity index (χ1) is 26.6. The minimum Gasteiger partial charge on any atom is -0.497 e. The summed E-state index contributed by atoms with van der Waals surface area (Å²) in [7, 11) is 6.46. The Morgan fingerprint density at radius 1 is 0.927 bits per heavy atom. The molecule has 3 amide bonds. The number of hydrogen-bond acceptors (Lipinski definition) is 11. The summed E-state index contributed by atoms with van der Waals surface area (Å²) in [6.07, 6.45) is 4.95. The average molecular weight is 747 g/mol. The summed E-state index contributed by atoms with van der Waals surface area (Å²) in [6.45, 7) is 2.83. The molecule has 7 rings (SSSR count). The third-order valence-corrected chi connectivity index (χ3v) is 10.6. The van der Waals surface area contributed by atoms with Crippen molar-refractivity contribution in [2.24, 2.45) is 11.3 Å². The van der Waals surface area contributed by atoms with Crippen molar-refractivity contribution >= 4 is 40.3 Å². The number of nitrogens with one attached hydrogen (secondary N) is 1. The summed E-state index contributed by atoms with van der Waals surface area (Å²) in [5.41, 5.74) is 3.74. The van der Waals surface area contributed by atoms with Gasteiger partial charge in [0.05, 0.1) is 34.1 Å². The molecule has 2 unspecified atom stereocenters. The predicted molar refractivity (Wildman–Crippen MR) is 205 cm³/mol. The number of piperidine rings is 1. The van der Waals surface area contributed by atoms with Crippen molar-refractivity contribution in [2.75, 3.05) is 45.2 Å². The minimum absolute atomic E-state index is 0.0270. The quantitative estimate of drug-likeness (QED) is 0.143. The van der Waals surface area contributed by atoms with Crippen LogP contribution in [0.5, 0.6) is 23.0 Å². The number of anilines is 2. The Hall–Kier alpha value is -6.44. The molecule has 2 aromatic carbocycles. The molecular weight excluding hydrogens is 704 g/mol. The van der Waals surface area contributed by atoms with Crippen LogP contribution in [0.15, 0.2) is 73.2 Å². The van der Waals surface area contributed by atoms with Gasteiger partial charge in [0.1, 0.15) is 34.6 Å². The second kappa shape index (κ2) is 15.1. The lowest BCUT2D eigenvalue weighted by Gasteiger charge is -2.29. The molecule has 0 bridgehead atoms. The van der Waals surface area contributed by atoms with Crippen molar-refractivity contribution in [1.29, 1.82) is 0 Å². The van der Waals surface area contributed by atoms with E-state index in [4.69, 9.17) is 23.9 Å². The molecule has 2 fully saturated rings. The number of rotatable bonds is 12. The first kappa shape index (κ1) is 36.9. The van der Waals surface area contributed by atoms with Gasteiger partial charge in [0.2, 0.25) is 11.8 Å². The summed E-state index contributed by atoms with van der Waals surface area (Å²) in [6, 6.07) is 17.1. The SMILES string of the molecule is COc1ccc(CN(Cc2ccc(OC)cc2OC)c2nc(-c3cnccc3C)cc3cc(NC(=O)C4CC45CCN(C(=O)O)C(=O)C5)ncc23)c(OC)c1. The van der Waals surface area contributed by atoms with Gasteiger partial charge in [-0.05, 0) is 78.6 Å². The number of amides is 3. The summed E-state index contributed by atoms with van der Waals surface area (Å²) in [4.78, 5) is 54.8. The first-order valence-electron chi connectivity index (χ1n) is 17.8. The van der Waals surface area contributed by atoms with E-state index in [1.807, 2.05) is 61.5 Å². The van der Waals surface area contributed by atoms with E-state index in [9.17, 15) is 19.5 Å². The first-order valence-corrected chi connectivity index (χ1v) is 17.8. The minimum atomic E-state index is -1.26. The molecule has 14 heteroatoms. The van der Waals surface area contributed by atoms with E-state index >= 15 is 0 Å². The van der Waals surface area contributed by atoms with Crippen molar-refractivity contribution in [3.05, 3.63) is 89.9 Å². The molecule has 1 aliphatic heterocycles. The Labute approximate surface area is 318 Å². The Morgan fingerprint density at radius 3 is 2.18 bits per heavy atom. The summed E-state index contributed by atoms with van der Waals surface area (Å²) in [5, 5.41) is 13.8. The number of pyridine rings is 3. The number of hydrogen-bond donors (Lipinski definition) is 2. The molecule has 4 heterocycles. The van der Waals surface area contributed by atoms with E-state index < -0.39 is 23.3 Å². The second-order valence-electron chi connectivity index (χ2n) is 13.9. The summed E-state index contributed by atoms with van der Waals surface area (Å²) >= 11 is 0. The second-order valence-corrected chi connectivity index (χ2v) is 13.9. The van der Waals surface area contributed by atoms with Crippen LogP contribution in [-0.4, -0.2) is 77.8 Å². The van der Waals surface area contributed by atoms with Crippen molar-refractivity contribution < 1.29 is 38.4 Å². The fraction of sp³-hybridized carbons (Fsp3) is 0.317. The zero-order valence-electron chi connectivity index (χ0n) is 31.3. The van der Waals surface area contributed by atoms with E-state index in [0.717, 1.165) is 37.9 Å². The lowest BCUT2D eigenvalue weighted by molar-refractivity contribution is -0.133. The summed E-state index contributed by atoms with van der Waals surface area (Å²) < 4.78 is 22.6. The molecule has 1 saturated heterocycles.